The number of aliphatic carboxylic acids is 4. The largest absolute Gasteiger partial charge is 1.00 e. The number of aliphatic hydroxyl groups excluding tert-OH is 1. The molecule has 6 N–H and O–H groups in total. The zero-order valence-corrected chi connectivity index (χ0v) is 16.2. The molecule has 0 unspecified atom stereocenters. The maximum atomic E-state index is 10.6. The van der Waals surface area contributed by atoms with E-state index in [0.717, 1.165) is 9.80 Å². The van der Waals surface area contributed by atoms with Crippen LogP contribution in [0.4, 0.5) is 0 Å². The van der Waals surface area contributed by atoms with Crippen molar-refractivity contribution >= 4 is 23.9 Å². The Labute approximate surface area is 179 Å². The molecule has 12 nitrogen and oxygen atoms in total. The third-order valence-corrected chi connectivity index (χ3v) is 2.37. The van der Waals surface area contributed by atoms with Crippen molar-refractivity contribution in [2.75, 3.05) is 39.3 Å². The molecule has 0 aromatic carbocycles. The molecule has 0 bridgehead atoms. The molecule has 0 amide bonds. The van der Waals surface area contributed by atoms with Crippen molar-refractivity contribution in [3.8, 4) is 0 Å². The van der Waals surface area contributed by atoms with E-state index in [-0.39, 0.29) is 70.0 Å². The summed E-state index contributed by atoms with van der Waals surface area (Å²) in [7, 11) is 0. The molecule has 13 heteroatoms. The van der Waals surface area contributed by atoms with Crippen molar-refractivity contribution in [3.05, 3.63) is 0 Å². The predicted octanol–water partition coefficient (Wildman–Crippen LogP) is -5.88. The van der Waals surface area contributed by atoms with Crippen molar-refractivity contribution in [2.45, 2.75) is 6.10 Å². The molecule has 0 radical (unpaired) electrons. The Morgan fingerprint density at radius 1 is 0.667 bits per heavy atom. The van der Waals surface area contributed by atoms with Gasteiger partial charge in [-0.1, -0.05) is 0 Å². The van der Waals surface area contributed by atoms with Crippen molar-refractivity contribution in [2.24, 2.45) is 0 Å². The molecule has 24 heavy (non-hydrogen) atoms. The van der Waals surface area contributed by atoms with Crippen molar-refractivity contribution in [3.63, 3.8) is 0 Å². The minimum absolute atomic E-state index is 0. The maximum Gasteiger partial charge on any atom is 1.00 e. The van der Waals surface area contributed by atoms with E-state index in [2.05, 4.69) is 0 Å². The van der Waals surface area contributed by atoms with Crippen LogP contribution >= 0.6 is 0 Å². The van der Waals surface area contributed by atoms with Gasteiger partial charge in [0.15, 0.2) is 0 Å². The van der Waals surface area contributed by atoms with Gasteiger partial charge in [0.05, 0.1) is 32.3 Å². The van der Waals surface area contributed by atoms with Crippen LogP contribution in [0.1, 0.15) is 0 Å². The minimum atomic E-state index is -1.31. The van der Waals surface area contributed by atoms with E-state index >= 15 is 0 Å². The standard InChI is InChI=1S/C11H18N2O9.K.H2O/c14-7(1-12(3-8(15)16)4-9(17)18)2-13(5-10(19)20)6-11(21)22;;/h7,14H,1-6H2,(H,15,16)(H,17,18)(H,19,20)(H,21,22);;1H2/q;+1;/p-1. The van der Waals surface area contributed by atoms with E-state index in [1.165, 1.54) is 0 Å². The Balaban J connectivity index is -0.00000220. The molecule has 0 aromatic rings. The van der Waals surface area contributed by atoms with Gasteiger partial charge >= 0.3 is 75.3 Å². The number of carboxylic acid groups (broad SMARTS) is 4. The van der Waals surface area contributed by atoms with Crippen LogP contribution in [0, 0.1) is 0 Å². The molecular weight excluding hydrogens is 359 g/mol. The Morgan fingerprint density at radius 3 is 1.04 bits per heavy atom. The first-order valence-corrected chi connectivity index (χ1v) is 6.10. The fourth-order valence-corrected chi connectivity index (χ4v) is 1.79. The SMILES string of the molecule is O=C(O)CN(CC(=O)O)CC(O)CN(CC(=O)O)CC(=O)O.[K+].[OH-]. The van der Waals surface area contributed by atoms with E-state index in [0.29, 0.717) is 0 Å². The van der Waals surface area contributed by atoms with E-state index < -0.39 is 56.2 Å². The fraction of sp³-hybridized carbons (Fsp3) is 0.636. The molecule has 0 atom stereocenters. The average Bonchev–Trinajstić information content (AvgIpc) is 2.23. The summed E-state index contributed by atoms with van der Waals surface area (Å²) in [4.78, 5) is 44.3. The van der Waals surface area contributed by atoms with E-state index in [4.69, 9.17) is 20.4 Å². The summed E-state index contributed by atoms with van der Waals surface area (Å²) < 4.78 is 0. The van der Waals surface area contributed by atoms with Gasteiger partial charge in [0.25, 0.3) is 0 Å². The second kappa shape index (κ2) is 14.7. The van der Waals surface area contributed by atoms with Crippen LogP contribution < -0.4 is 51.4 Å². The van der Waals surface area contributed by atoms with E-state index in [9.17, 15) is 24.3 Å². The number of nitrogens with zero attached hydrogens (tertiary/aromatic N) is 2. The van der Waals surface area contributed by atoms with Crippen LogP contribution in [0.2, 0.25) is 0 Å². The molecule has 0 saturated carbocycles. The second-order valence-corrected chi connectivity index (χ2v) is 4.57. The topological polar surface area (TPSA) is 206 Å². The van der Waals surface area contributed by atoms with Crippen molar-refractivity contribution < 1.29 is 102 Å². The monoisotopic (exact) mass is 378 g/mol. The molecule has 0 rings (SSSR count). The molecule has 0 aliphatic carbocycles. The van der Waals surface area contributed by atoms with Crippen LogP contribution in [0.3, 0.4) is 0 Å². The van der Waals surface area contributed by atoms with Crippen LogP contribution in [0.5, 0.6) is 0 Å². The van der Waals surface area contributed by atoms with E-state index in [1.807, 2.05) is 0 Å². The van der Waals surface area contributed by atoms with E-state index in [1.54, 1.807) is 0 Å². The smallest absolute Gasteiger partial charge is 0.870 e. The van der Waals surface area contributed by atoms with Gasteiger partial charge < -0.3 is 31.0 Å². The summed E-state index contributed by atoms with van der Waals surface area (Å²) >= 11 is 0. The number of carbonyl (C=O) groups is 4. The Hall–Kier alpha value is -0.644. The zero-order valence-electron chi connectivity index (χ0n) is 13.0. The average molecular weight is 378 g/mol. The third kappa shape index (κ3) is 16.2. The zero-order chi connectivity index (χ0) is 17.3. The molecular formula is C11H19KN2O10. The summed E-state index contributed by atoms with van der Waals surface area (Å²) in [6.07, 6.45) is -1.31. The van der Waals surface area contributed by atoms with Gasteiger partial charge in [-0.05, 0) is 0 Å². The van der Waals surface area contributed by atoms with Crippen molar-refractivity contribution in [1.29, 1.82) is 0 Å². The van der Waals surface area contributed by atoms with Gasteiger partial charge in [-0.25, -0.2) is 0 Å². The summed E-state index contributed by atoms with van der Waals surface area (Å²) in [5, 5.41) is 44.4. The fourth-order valence-electron chi connectivity index (χ4n) is 1.79. The Bertz CT molecular complexity index is 363. The van der Waals surface area contributed by atoms with Gasteiger partial charge in [-0.15, -0.1) is 0 Å². The molecule has 0 spiro atoms. The first-order chi connectivity index (χ1) is 10.1. The molecule has 0 fully saturated rings. The number of hydrogen-bond acceptors (Lipinski definition) is 8. The van der Waals surface area contributed by atoms with Crippen molar-refractivity contribution in [1.82, 2.24) is 9.80 Å². The first-order valence-electron chi connectivity index (χ1n) is 6.10. The van der Waals surface area contributed by atoms with Crippen LogP contribution in [0.15, 0.2) is 0 Å². The number of aliphatic hydroxyl groups is 1. The van der Waals surface area contributed by atoms with Gasteiger partial charge in [0.2, 0.25) is 0 Å². The summed E-state index contributed by atoms with van der Waals surface area (Å²) in [6.45, 7) is -3.20. The van der Waals surface area contributed by atoms with Gasteiger partial charge in [0, 0.05) is 13.1 Å². The van der Waals surface area contributed by atoms with Gasteiger partial charge in [-0.3, -0.25) is 29.0 Å². The Morgan fingerprint density at radius 2 is 0.875 bits per heavy atom. The second-order valence-electron chi connectivity index (χ2n) is 4.57. The van der Waals surface area contributed by atoms with Gasteiger partial charge in [-0.2, -0.15) is 0 Å². The molecule has 0 aliphatic rings. The first kappa shape index (κ1) is 28.2. The minimum Gasteiger partial charge on any atom is -0.870 e. The summed E-state index contributed by atoms with van der Waals surface area (Å²) in [6, 6.07) is 0. The van der Waals surface area contributed by atoms with Gasteiger partial charge in [0.1, 0.15) is 0 Å². The predicted molar refractivity (Wildman–Crippen MR) is 71.4 cm³/mol. The number of carboxylic acids is 4. The maximum absolute atomic E-state index is 10.6. The summed E-state index contributed by atoms with van der Waals surface area (Å²) in [5.41, 5.74) is 0. The molecule has 134 valence electrons. The number of rotatable bonds is 12. The van der Waals surface area contributed by atoms with Crippen LogP contribution in [0.25, 0.3) is 0 Å². The molecule has 0 heterocycles. The normalized spacial score (nSPS) is 10.2. The molecule has 0 aliphatic heterocycles. The van der Waals surface area contributed by atoms with Crippen LogP contribution in [-0.2, 0) is 19.2 Å². The van der Waals surface area contributed by atoms with Crippen LogP contribution in [-0.4, -0.2) is 110 Å². The summed E-state index contributed by atoms with van der Waals surface area (Å²) in [5.74, 6) is -5.16. The molecule has 0 saturated heterocycles. The Kier molecular flexibility index (Phi) is 17.2. The number of hydrogen-bond donors (Lipinski definition) is 5. The quantitative estimate of drug-likeness (QED) is 0.201. The third-order valence-electron chi connectivity index (χ3n) is 2.37. The molecule has 0 aromatic heterocycles.